The number of aromatic amines is 1. The number of pyridine rings is 1. The third-order valence-electron chi connectivity index (χ3n) is 3.57. The van der Waals surface area contributed by atoms with Gasteiger partial charge >= 0.3 is 0 Å². The summed E-state index contributed by atoms with van der Waals surface area (Å²) in [5.41, 5.74) is 0.671. The van der Waals surface area contributed by atoms with Crippen molar-refractivity contribution in [2.45, 2.75) is 12.8 Å². The first kappa shape index (κ1) is 18.5. The molecular formula is C18H15FN4O3S. The second-order valence-corrected chi connectivity index (χ2v) is 6.42. The molecule has 2 heterocycles. The molecule has 0 saturated carbocycles. The Bertz CT molecular complexity index is 1010. The summed E-state index contributed by atoms with van der Waals surface area (Å²) >= 11 is 1.21. The van der Waals surface area contributed by atoms with Crippen molar-refractivity contribution in [2.75, 3.05) is 10.6 Å². The van der Waals surface area contributed by atoms with Gasteiger partial charge in [-0.25, -0.2) is 9.37 Å². The Hall–Kier alpha value is -3.33. The van der Waals surface area contributed by atoms with Gasteiger partial charge in [0.05, 0.1) is 5.69 Å². The first-order valence-electron chi connectivity index (χ1n) is 8.00. The van der Waals surface area contributed by atoms with Gasteiger partial charge in [0.15, 0.2) is 5.13 Å². The number of carbonyl (C=O) groups is 2. The van der Waals surface area contributed by atoms with E-state index in [1.54, 1.807) is 11.4 Å². The monoisotopic (exact) mass is 386 g/mol. The largest absolute Gasteiger partial charge is 0.328 e. The summed E-state index contributed by atoms with van der Waals surface area (Å²) in [5.74, 6) is -1.15. The quantitative estimate of drug-likeness (QED) is 0.606. The van der Waals surface area contributed by atoms with Crippen LogP contribution in [0.3, 0.4) is 0 Å². The lowest BCUT2D eigenvalue weighted by Gasteiger charge is -2.04. The van der Waals surface area contributed by atoms with Crippen LogP contribution in [0, 0.1) is 5.82 Å². The SMILES string of the molecule is O=C(CCc1csc(NC(=O)c2ccc[nH]c2=O)n1)Nc1ccc(F)cc1. The van der Waals surface area contributed by atoms with Crippen molar-refractivity contribution in [2.24, 2.45) is 0 Å². The maximum Gasteiger partial charge on any atom is 0.263 e. The Kier molecular flexibility index (Phi) is 5.72. The molecule has 0 unspecified atom stereocenters. The number of aromatic nitrogens is 2. The third kappa shape index (κ3) is 5.08. The number of hydrogen-bond acceptors (Lipinski definition) is 5. The van der Waals surface area contributed by atoms with Gasteiger partial charge in [-0.3, -0.25) is 19.7 Å². The van der Waals surface area contributed by atoms with Crippen LogP contribution in [-0.2, 0) is 11.2 Å². The first-order chi connectivity index (χ1) is 13.0. The predicted molar refractivity (Wildman–Crippen MR) is 100 cm³/mol. The molecular weight excluding hydrogens is 371 g/mol. The van der Waals surface area contributed by atoms with E-state index in [4.69, 9.17) is 0 Å². The van der Waals surface area contributed by atoms with Gasteiger partial charge in [-0.05, 0) is 42.8 Å². The van der Waals surface area contributed by atoms with E-state index in [2.05, 4.69) is 20.6 Å². The van der Waals surface area contributed by atoms with Crippen LogP contribution >= 0.6 is 11.3 Å². The normalized spacial score (nSPS) is 10.4. The number of benzene rings is 1. The Morgan fingerprint density at radius 2 is 1.93 bits per heavy atom. The summed E-state index contributed by atoms with van der Waals surface area (Å²) in [7, 11) is 0. The summed E-state index contributed by atoms with van der Waals surface area (Å²) in [4.78, 5) is 42.3. The van der Waals surface area contributed by atoms with Crippen LogP contribution in [-0.4, -0.2) is 21.8 Å². The van der Waals surface area contributed by atoms with Crippen LogP contribution < -0.4 is 16.2 Å². The predicted octanol–water partition coefficient (Wildman–Crippen LogP) is 2.79. The number of H-pyrrole nitrogens is 1. The number of aryl methyl sites for hydroxylation is 1. The summed E-state index contributed by atoms with van der Waals surface area (Å²) in [6.07, 6.45) is 2.01. The molecule has 0 fully saturated rings. The zero-order valence-corrected chi connectivity index (χ0v) is 14.8. The molecule has 3 rings (SSSR count). The maximum absolute atomic E-state index is 12.8. The fraction of sp³-hybridized carbons (Fsp3) is 0.111. The van der Waals surface area contributed by atoms with E-state index in [1.807, 2.05) is 0 Å². The molecule has 0 aliphatic heterocycles. The number of amides is 2. The number of nitrogens with one attached hydrogen (secondary N) is 3. The molecule has 0 bridgehead atoms. The lowest BCUT2D eigenvalue weighted by Crippen LogP contribution is -2.22. The molecule has 0 saturated heterocycles. The molecule has 138 valence electrons. The molecule has 9 heteroatoms. The van der Waals surface area contributed by atoms with E-state index in [9.17, 15) is 18.8 Å². The Morgan fingerprint density at radius 3 is 2.67 bits per heavy atom. The Labute approximate surface area is 157 Å². The molecule has 2 amide bonds. The zero-order valence-electron chi connectivity index (χ0n) is 14.0. The number of hydrogen-bond donors (Lipinski definition) is 3. The highest BCUT2D eigenvalue weighted by Gasteiger charge is 2.12. The highest BCUT2D eigenvalue weighted by atomic mass is 32.1. The van der Waals surface area contributed by atoms with E-state index in [0.29, 0.717) is 22.9 Å². The van der Waals surface area contributed by atoms with E-state index in [0.717, 1.165) is 0 Å². The summed E-state index contributed by atoms with van der Waals surface area (Å²) in [6, 6.07) is 8.47. The molecule has 0 atom stereocenters. The molecule has 3 aromatic rings. The number of anilines is 2. The van der Waals surface area contributed by atoms with Gasteiger partial charge in [0.1, 0.15) is 11.4 Å². The van der Waals surface area contributed by atoms with Crippen LogP contribution in [0.4, 0.5) is 15.2 Å². The van der Waals surface area contributed by atoms with Crippen LogP contribution in [0.1, 0.15) is 22.5 Å². The van der Waals surface area contributed by atoms with Crippen molar-refractivity contribution >= 4 is 34.0 Å². The van der Waals surface area contributed by atoms with Crippen LogP contribution in [0.5, 0.6) is 0 Å². The minimum atomic E-state index is -0.549. The van der Waals surface area contributed by atoms with Crippen molar-refractivity contribution < 1.29 is 14.0 Å². The standard InChI is InChI=1S/C18H15FN4O3S/c19-11-3-5-12(6-4-11)21-15(24)8-7-13-10-27-18(22-13)23-17(26)14-2-1-9-20-16(14)25/h1-6,9-10H,7-8H2,(H,20,25)(H,21,24)(H,22,23,26). The second kappa shape index (κ2) is 8.37. The minimum Gasteiger partial charge on any atom is -0.328 e. The van der Waals surface area contributed by atoms with Crippen LogP contribution in [0.15, 0.2) is 52.8 Å². The second-order valence-electron chi connectivity index (χ2n) is 5.57. The topological polar surface area (TPSA) is 104 Å². The molecule has 0 radical (unpaired) electrons. The van der Waals surface area contributed by atoms with E-state index in [1.165, 1.54) is 47.9 Å². The van der Waals surface area contributed by atoms with Crippen molar-refractivity contribution in [1.29, 1.82) is 0 Å². The fourth-order valence-electron chi connectivity index (χ4n) is 2.24. The highest BCUT2D eigenvalue weighted by molar-refractivity contribution is 7.14. The number of carbonyl (C=O) groups excluding carboxylic acids is 2. The van der Waals surface area contributed by atoms with Crippen molar-refractivity contribution in [3.8, 4) is 0 Å². The van der Waals surface area contributed by atoms with Crippen molar-refractivity contribution in [3.63, 3.8) is 0 Å². The van der Waals surface area contributed by atoms with Gasteiger partial charge in [-0.15, -0.1) is 11.3 Å². The molecule has 0 aliphatic carbocycles. The molecule has 0 aliphatic rings. The number of nitrogens with zero attached hydrogens (tertiary/aromatic N) is 1. The molecule has 2 aromatic heterocycles. The zero-order chi connectivity index (χ0) is 19.2. The molecule has 7 nitrogen and oxygen atoms in total. The smallest absolute Gasteiger partial charge is 0.263 e. The minimum absolute atomic E-state index is 0.00655. The Morgan fingerprint density at radius 1 is 1.15 bits per heavy atom. The van der Waals surface area contributed by atoms with Crippen LogP contribution in [0.2, 0.25) is 0 Å². The van der Waals surface area contributed by atoms with Crippen molar-refractivity contribution in [3.05, 3.63) is 75.4 Å². The molecule has 3 N–H and O–H groups in total. The highest BCUT2D eigenvalue weighted by Crippen LogP contribution is 2.17. The van der Waals surface area contributed by atoms with Gasteiger partial charge < -0.3 is 10.3 Å². The molecule has 27 heavy (non-hydrogen) atoms. The summed E-state index contributed by atoms with van der Waals surface area (Å²) < 4.78 is 12.8. The number of rotatable bonds is 6. The maximum atomic E-state index is 12.8. The van der Waals surface area contributed by atoms with Crippen molar-refractivity contribution in [1.82, 2.24) is 9.97 Å². The van der Waals surface area contributed by atoms with Crippen LogP contribution in [0.25, 0.3) is 0 Å². The van der Waals surface area contributed by atoms with Gasteiger partial charge in [-0.2, -0.15) is 0 Å². The van der Waals surface area contributed by atoms with Gasteiger partial charge in [-0.1, -0.05) is 0 Å². The third-order valence-corrected chi connectivity index (χ3v) is 4.38. The number of thiazole rings is 1. The molecule has 0 spiro atoms. The molecule has 1 aromatic carbocycles. The van der Waals surface area contributed by atoms with Gasteiger partial charge in [0.25, 0.3) is 11.5 Å². The van der Waals surface area contributed by atoms with E-state index in [-0.39, 0.29) is 23.7 Å². The lowest BCUT2D eigenvalue weighted by molar-refractivity contribution is -0.116. The fourth-order valence-corrected chi connectivity index (χ4v) is 2.98. The number of halogens is 1. The summed E-state index contributed by atoms with van der Waals surface area (Å²) in [6.45, 7) is 0. The van der Waals surface area contributed by atoms with Gasteiger partial charge in [0.2, 0.25) is 5.91 Å². The Balaban J connectivity index is 1.52. The lowest BCUT2D eigenvalue weighted by atomic mass is 10.2. The average molecular weight is 386 g/mol. The van der Waals surface area contributed by atoms with E-state index < -0.39 is 11.5 Å². The van der Waals surface area contributed by atoms with E-state index >= 15 is 0 Å². The van der Waals surface area contributed by atoms with Gasteiger partial charge in [0, 0.05) is 23.7 Å². The summed E-state index contributed by atoms with van der Waals surface area (Å²) in [5, 5.41) is 7.31. The average Bonchev–Trinajstić information content (AvgIpc) is 3.09. The first-order valence-corrected chi connectivity index (χ1v) is 8.88.